The molecule has 7 nitrogen and oxygen atoms in total. The number of imidazole rings is 1. The normalized spacial score (nSPS) is 22.8. The molecule has 1 saturated carbocycles. The van der Waals surface area contributed by atoms with Crippen LogP contribution in [0.1, 0.15) is 25.3 Å². The second-order valence-corrected chi connectivity index (χ2v) is 9.52. The number of rotatable bonds is 4. The molecule has 2 aromatic carbocycles. The summed E-state index contributed by atoms with van der Waals surface area (Å²) in [5, 5.41) is 9.47. The molecule has 1 fully saturated rings. The van der Waals surface area contributed by atoms with Crippen LogP contribution in [-0.4, -0.2) is 25.6 Å². The quantitative estimate of drug-likeness (QED) is 0.467. The predicted octanol–water partition coefficient (Wildman–Crippen LogP) is 4.67. The SMILES string of the molecule is CC1(C(=O)O)CC(N)(c2ccc(-c3nc4n(c3-c3ccccc3)COc3ccncc3-4)cc2)C1. The molecule has 2 aliphatic rings. The van der Waals surface area contributed by atoms with Crippen molar-refractivity contribution in [3.8, 4) is 39.7 Å². The van der Waals surface area contributed by atoms with Crippen LogP contribution in [0.2, 0.25) is 0 Å². The zero-order valence-corrected chi connectivity index (χ0v) is 18.7. The third kappa shape index (κ3) is 3.04. The molecule has 0 radical (unpaired) electrons. The molecular formula is C27H24N4O3. The molecule has 7 heteroatoms. The summed E-state index contributed by atoms with van der Waals surface area (Å²) in [6.07, 6.45) is 4.34. The van der Waals surface area contributed by atoms with Crippen molar-refractivity contribution in [2.24, 2.45) is 11.1 Å². The summed E-state index contributed by atoms with van der Waals surface area (Å²) in [5.74, 6) is 0.794. The number of nitrogens with zero attached hydrogens (tertiary/aromatic N) is 3. The van der Waals surface area contributed by atoms with Gasteiger partial charge in [-0.1, -0.05) is 54.6 Å². The highest BCUT2D eigenvalue weighted by atomic mass is 16.5. The Morgan fingerprint density at radius 1 is 1.06 bits per heavy atom. The van der Waals surface area contributed by atoms with Gasteiger partial charge in [0.2, 0.25) is 0 Å². The van der Waals surface area contributed by atoms with Gasteiger partial charge in [-0.3, -0.25) is 14.3 Å². The third-order valence-electron chi connectivity index (χ3n) is 7.05. The largest absolute Gasteiger partial charge is 0.481 e. The molecule has 1 aliphatic heterocycles. The molecule has 0 amide bonds. The molecule has 4 aromatic rings. The van der Waals surface area contributed by atoms with E-state index in [1.807, 2.05) is 48.5 Å². The monoisotopic (exact) mass is 452 g/mol. The summed E-state index contributed by atoms with van der Waals surface area (Å²) in [6.45, 7) is 2.12. The lowest BCUT2D eigenvalue weighted by Crippen LogP contribution is -2.57. The van der Waals surface area contributed by atoms with Gasteiger partial charge in [-0.05, 0) is 31.4 Å². The first kappa shape index (κ1) is 20.6. The van der Waals surface area contributed by atoms with Crippen molar-refractivity contribution in [1.82, 2.24) is 14.5 Å². The highest BCUT2D eigenvalue weighted by molar-refractivity contribution is 5.83. The fourth-order valence-corrected chi connectivity index (χ4v) is 5.34. The van der Waals surface area contributed by atoms with Gasteiger partial charge < -0.3 is 15.6 Å². The van der Waals surface area contributed by atoms with Gasteiger partial charge in [0, 0.05) is 29.1 Å². The Balaban J connectivity index is 1.44. The van der Waals surface area contributed by atoms with Crippen LogP contribution in [0.15, 0.2) is 73.1 Å². The average molecular weight is 453 g/mol. The second-order valence-electron chi connectivity index (χ2n) is 9.52. The van der Waals surface area contributed by atoms with Crippen molar-refractivity contribution in [2.45, 2.75) is 32.0 Å². The van der Waals surface area contributed by atoms with E-state index in [4.69, 9.17) is 15.5 Å². The first-order valence-electron chi connectivity index (χ1n) is 11.2. The highest BCUT2D eigenvalue weighted by Gasteiger charge is 2.55. The summed E-state index contributed by atoms with van der Waals surface area (Å²) < 4.78 is 8.09. The van der Waals surface area contributed by atoms with Crippen molar-refractivity contribution >= 4 is 5.97 Å². The van der Waals surface area contributed by atoms with Gasteiger partial charge in [0.15, 0.2) is 6.73 Å². The molecule has 1 aliphatic carbocycles. The van der Waals surface area contributed by atoms with E-state index in [9.17, 15) is 9.90 Å². The van der Waals surface area contributed by atoms with E-state index < -0.39 is 16.9 Å². The number of carboxylic acid groups (broad SMARTS) is 1. The van der Waals surface area contributed by atoms with Crippen LogP contribution in [0.5, 0.6) is 5.75 Å². The maximum Gasteiger partial charge on any atom is 0.309 e. The molecule has 0 atom stereocenters. The fraction of sp³-hybridized carbons (Fsp3) is 0.222. The Bertz CT molecular complexity index is 1400. The number of hydrogen-bond donors (Lipinski definition) is 2. The van der Waals surface area contributed by atoms with Crippen molar-refractivity contribution in [3.05, 3.63) is 78.6 Å². The van der Waals surface area contributed by atoms with E-state index in [1.165, 1.54) is 0 Å². The van der Waals surface area contributed by atoms with Crippen LogP contribution in [0.3, 0.4) is 0 Å². The average Bonchev–Trinajstić information content (AvgIpc) is 3.24. The molecule has 170 valence electrons. The van der Waals surface area contributed by atoms with E-state index >= 15 is 0 Å². The number of ether oxygens (including phenoxy) is 1. The van der Waals surface area contributed by atoms with E-state index in [2.05, 4.69) is 21.7 Å². The minimum atomic E-state index is -0.793. The number of carboxylic acids is 1. The van der Waals surface area contributed by atoms with Gasteiger partial charge in [0.05, 0.1) is 22.4 Å². The Morgan fingerprint density at radius 2 is 1.79 bits per heavy atom. The van der Waals surface area contributed by atoms with Crippen LogP contribution in [0, 0.1) is 5.41 Å². The van der Waals surface area contributed by atoms with Crippen LogP contribution in [-0.2, 0) is 17.1 Å². The van der Waals surface area contributed by atoms with Crippen LogP contribution < -0.4 is 10.5 Å². The van der Waals surface area contributed by atoms with Crippen molar-refractivity contribution in [3.63, 3.8) is 0 Å². The Morgan fingerprint density at radius 3 is 2.50 bits per heavy atom. The Kier molecular flexibility index (Phi) is 4.41. The van der Waals surface area contributed by atoms with E-state index in [0.29, 0.717) is 19.6 Å². The number of nitrogens with two attached hydrogens (primary N) is 1. The van der Waals surface area contributed by atoms with Crippen LogP contribution >= 0.6 is 0 Å². The number of aliphatic carboxylic acids is 1. The number of hydrogen-bond acceptors (Lipinski definition) is 5. The molecule has 34 heavy (non-hydrogen) atoms. The molecule has 0 bridgehead atoms. The molecule has 0 unspecified atom stereocenters. The molecular weight excluding hydrogens is 428 g/mol. The first-order chi connectivity index (χ1) is 16.4. The zero-order valence-electron chi connectivity index (χ0n) is 18.7. The number of pyridine rings is 1. The van der Waals surface area contributed by atoms with E-state index in [0.717, 1.165) is 45.2 Å². The molecule has 2 aromatic heterocycles. The standard InChI is InChI=1S/C27H24N4O3/c1-26(25(32)33)14-27(28,15-26)19-9-7-17(8-10-19)22-23(18-5-3-2-4-6-18)31-16-34-21-11-12-29-13-20(21)24(31)30-22/h2-13H,14-16,28H2,1H3,(H,32,33). The summed E-state index contributed by atoms with van der Waals surface area (Å²) in [7, 11) is 0. The van der Waals surface area contributed by atoms with E-state index in [1.54, 1.807) is 19.3 Å². The van der Waals surface area contributed by atoms with Crippen LogP contribution in [0.25, 0.3) is 33.9 Å². The fourth-order valence-electron chi connectivity index (χ4n) is 5.34. The lowest BCUT2D eigenvalue weighted by molar-refractivity contribution is -0.158. The minimum Gasteiger partial charge on any atom is -0.481 e. The summed E-state index contributed by atoms with van der Waals surface area (Å²) in [6, 6.07) is 20.0. The Hall–Kier alpha value is -3.97. The maximum atomic E-state index is 11.5. The van der Waals surface area contributed by atoms with Crippen LogP contribution in [0.4, 0.5) is 0 Å². The molecule has 3 heterocycles. The van der Waals surface area contributed by atoms with Gasteiger partial charge in [0.25, 0.3) is 0 Å². The molecule has 6 rings (SSSR count). The summed E-state index contributed by atoms with van der Waals surface area (Å²) >= 11 is 0. The third-order valence-corrected chi connectivity index (χ3v) is 7.05. The minimum absolute atomic E-state index is 0.362. The summed E-state index contributed by atoms with van der Waals surface area (Å²) in [5.41, 5.74) is 10.8. The number of fused-ring (bicyclic) bond motifs is 3. The number of aromatic nitrogens is 3. The van der Waals surface area contributed by atoms with Gasteiger partial charge in [-0.15, -0.1) is 0 Å². The lowest BCUT2D eigenvalue weighted by Gasteiger charge is -2.50. The molecule has 0 spiro atoms. The van der Waals surface area contributed by atoms with E-state index in [-0.39, 0.29) is 0 Å². The number of benzene rings is 2. The van der Waals surface area contributed by atoms with Gasteiger partial charge in [-0.25, -0.2) is 4.98 Å². The van der Waals surface area contributed by atoms with Crippen molar-refractivity contribution < 1.29 is 14.6 Å². The van der Waals surface area contributed by atoms with Gasteiger partial charge in [-0.2, -0.15) is 0 Å². The topological polar surface area (TPSA) is 103 Å². The van der Waals surface area contributed by atoms with Crippen molar-refractivity contribution in [1.29, 1.82) is 0 Å². The maximum absolute atomic E-state index is 11.5. The lowest BCUT2D eigenvalue weighted by atomic mass is 9.56. The highest BCUT2D eigenvalue weighted by Crippen LogP contribution is 2.52. The van der Waals surface area contributed by atoms with Gasteiger partial charge >= 0.3 is 5.97 Å². The predicted molar refractivity (Wildman–Crippen MR) is 128 cm³/mol. The zero-order chi connectivity index (χ0) is 23.5. The first-order valence-corrected chi connectivity index (χ1v) is 11.2. The van der Waals surface area contributed by atoms with Crippen molar-refractivity contribution in [2.75, 3.05) is 0 Å². The molecule has 0 saturated heterocycles. The number of carbonyl (C=O) groups is 1. The summed E-state index contributed by atoms with van der Waals surface area (Å²) in [4.78, 5) is 20.9. The molecule has 3 N–H and O–H groups in total. The van der Waals surface area contributed by atoms with Gasteiger partial charge in [0.1, 0.15) is 11.6 Å². The Labute approximate surface area is 196 Å². The smallest absolute Gasteiger partial charge is 0.309 e. The second kappa shape index (κ2) is 7.27.